The van der Waals surface area contributed by atoms with Gasteiger partial charge in [-0.05, 0) is 44.2 Å². The number of rotatable bonds is 6. The van der Waals surface area contributed by atoms with Gasteiger partial charge in [0.2, 0.25) is 0 Å². The molecule has 0 bridgehead atoms. The van der Waals surface area contributed by atoms with Crippen molar-refractivity contribution in [2.75, 3.05) is 7.11 Å². The van der Waals surface area contributed by atoms with Crippen LogP contribution in [0.3, 0.4) is 0 Å². The van der Waals surface area contributed by atoms with Gasteiger partial charge in [0.05, 0.1) is 24.5 Å². The molecule has 0 unspecified atom stereocenters. The third-order valence-electron chi connectivity index (χ3n) is 3.15. The Hall–Kier alpha value is -2.60. The van der Waals surface area contributed by atoms with Gasteiger partial charge in [0.15, 0.2) is 11.5 Å². The number of nitrogens with one attached hydrogen (secondary N) is 1. The van der Waals surface area contributed by atoms with Crippen LogP contribution < -0.4 is 14.9 Å². The Morgan fingerprint density at radius 1 is 1.28 bits per heavy atom. The summed E-state index contributed by atoms with van der Waals surface area (Å²) < 4.78 is 24.5. The summed E-state index contributed by atoms with van der Waals surface area (Å²) >= 11 is 5.89. The lowest BCUT2D eigenvalue weighted by molar-refractivity contribution is 0.0954. The van der Waals surface area contributed by atoms with Gasteiger partial charge in [-0.25, -0.2) is 9.82 Å². The van der Waals surface area contributed by atoms with E-state index in [9.17, 15) is 9.18 Å². The quantitative estimate of drug-likeness (QED) is 0.621. The second-order valence-corrected chi connectivity index (χ2v) is 5.77. The number of nitrogens with zero attached hydrogens (tertiary/aromatic N) is 1. The van der Waals surface area contributed by atoms with Gasteiger partial charge < -0.3 is 9.47 Å². The van der Waals surface area contributed by atoms with Crippen LogP contribution in [0.25, 0.3) is 0 Å². The number of ether oxygens (including phenoxy) is 2. The largest absolute Gasteiger partial charge is 0.493 e. The van der Waals surface area contributed by atoms with Crippen molar-refractivity contribution in [1.82, 2.24) is 5.43 Å². The first kappa shape index (κ1) is 18.7. The van der Waals surface area contributed by atoms with Crippen LogP contribution >= 0.6 is 11.6 Å². The van der Waals surface area contributed by atoms with Crippen molar-refractivity contribution in [2.45, 2.75) is 20.0 Å². The maximum Gasteiger partial charge on any atom is 0.271 e. The monoisotopic (exact) mass is 364 g/mol. The Bertz CT molecular complexity index is 774. The van der Waals surface area contributed by atoms with Gasteiger partial charge in [-0.15, -0.1) is 0 Å². The average Bonchev–Trinajstić information content (AvgIpc) is 2.57. The minimum absolute atomic E-state index is 0.0244. The van der Waals surface area contributed by atoms with E-state index in [0.717, 1.165) is 6.21 Å². The number of amides is 1. The number of benzene rings is 2. The molecule has 0 heterocycles. The van der Waals surface area contributed by atoms with Crippen LogP contribution in [0.5, 0.6) is 11.5 Å². The maximum absolute atomic E-state index is 13.6. The normalized spacial score (nSPS) is 11.0. The molecule has 0 aliphatic heterocycles. The van der Waals surface area contributed by atoms with Gasteiger partial charge in [0.1, 0.15) is 5.82 Å². The minimum atomic E-state index is -0.526. The maximum atomic E-state index is 13.6. The van der Waals surface area contributed by atoms with Crippen LogP contribution in [0.15, 0.2) is 41.5 Å². The predicted octanol–water partition coefficient (Wildman–Crippen LogP) is 4.04. The van der Waals surface area contributed by atoms with E-state index in [1.807, 2.05) is 13.8 Å². The number of hydrogen-bond acceptors (Lipinski definition) is 4. The third kappa shape index (κ3) is 4.93. The lowest BCUT2D eigenvalue weighted by Gasteiger charge is -2.14. The van der Waals surface area contributed by atoms with E-state index in [1.54, 1.807) is 18.2 Å². The summed E-state index contributed by atoms with van der Waals surface area (Å²) in [6, 6.07) is 9.05. The molecule has 25 heavy (non-hydrogen) atoms. The van der Waals surface area contributed by atoms with E-state index in [-0.39, 0.29) is 16.7 Å². The number of carbonyl (C=O) groups is 1. The van der Waals surface area contributed by atoms with Gasteiger partial charge in [0, 0.05) is 11.1 Å². The van der Waals surface area contributed by atoms with E-state index in [4.69, 9.17) is 21.1 Å². The topological polar surface area (TPSA) is 59.9 Å². The second kappa shape index (κ2) is 8.48. The summed E-state index contributed by atoms with van der Waals surface area (Å²) in [6.07, 6.45) is 1.13. The highest BCUT2D eigenvalue weighted by Crippen LogP contribution is 2.29. The molecule has 0 aliphatic rings. The van der Waals surface area contributed by atoms with E-state index >= 15 is 0 Å². The molecular weight excluding hydrogens is 347 g/mol. The van der Waals surface area contributed by atoms with E-state index in [1.165, 1.54) is 25.3 Å². The number of halogens is 2. The SMILES string of the molecule is COc1cc(C(=O)N/N=C\c2c(F)cccc2Cl)ccc1OC(C)C. The standard InChI is InChI=1S/C18H18ClFN2O3/c1-11(2)25-16-8-7-12(9-17(16)24-3)18(23)22-21-10-13-14(19)5-4-6-15(13)20/h4-11H,1-3H3,(H,22,23)/b21-10-. The van der Waals surface area contributed by atoms with Gasteiger partial charge in [0.25, 0.3) is 5.91 Å². The first-order valence-corrected chi connectivity index (χ1v) is 7.92. The zero-order valence-electron chi connectivity index (χ0n) is 14.0. The Balaban J connectivity index is 2.12. The lowest BCUT2D eigenvalue weighted by atomic mass is 10.2. The van der Waals surface area contributed by atoms with Crippen molar-refractivity contribution in [3.8, 4) is 11.5 Å². The molecule has 0 radical (unpaired) electrons. The number of carbonyl (C=O) groups excluding carboxylic acids is 1. The molecule has 1 N–H and O–H groups in total. The molecule has 0 spiro atoms. The Morgan fingerprint density at radius 3 is 2.68 bits per heavy atom. The third-order valence-corrected chi connectivity index (χ3v) is 3.48. The van der Waals surface area contributed by atoms with Crippen LogP contribution in [0.4, 0.5) is 4.39 Å². The van der Waals surface area contributed by atoms with Crippen molar-refractivity contribution < 1.29 is 18.7 Å². The first-order valence-electron chi connectivity index (χ1n) is 7.54. The molecule has 2 rings (SSSR count). The molecular formula is C18H18ClFN2O3. The number of hydrazone groups is 1. The smallest absolute Gasteiger partial charge is 0.271 e. The van der Waals surface area contributed by atoms with Crippen LogP contribution in [-0.4, -0.2) is 25.3 Å². The molecule has 0 atom stereocenters. The van der Waals surface area contributed by atoms with Crippen LogP contribution in [-0.2, 0) is 0 Å². The highest BCUT2D eigenvalue weighted by atomic mass is 35.5. The predicted molar refractivity (Wildman–Crippen MR) is 95.2 cm³/mol. The molecule has 0 aromatic heterocycles. The second-order valence-electron chi connectivity index (χ2n) is 5.37. The molecule has 0 fully saturated rings. The molecule has 7 heteroatoms. The minimum Gasteiger partial charge on any atom is -0.493 e. The molecule has 1 amide bonds. The fourth-order valence-corrected chi connectivity index (χ4v) is 2.23. The van der Waals surface area contributed by atoms with Crippen molar-refractivity contribution in [2.24, 2.45) is 5.10 Å². The van der Waals surface area contributed by atoms with E-state index in [0.29, 0.717) is 17.1 Å². The zero-order chi connectivity index (χ0) is 18.4. The zero-order valence-corrected chi connectivity index (χ0v) is 14.8. The Kier molecular flexibility index (Phi) is 6.36. The van der Waals surface area contributed by atoms with Gasteiger partial charge >= 0.3 is 0 Å². The summed E-state index contributed by atoms with van der Waals surface area (Å²) in [7, 11) is 1.49. The van der Waals surface area contributed by atoms with E-state index in [2.05, 4.69) is 10.5 Å². The summed E-state index contributed by atoms with van der Waals surface area (Å²) in [4.78, 5) is 12.2. The lowest BCUT2D eigenvalue weighted by Crippen LogP contribution is -2.18. The average molecular weight is 365 g/mol. The molecule has 0 aliphatic carbocycles. The molecule has 0 saturated carbocycles. The van der Waals surface area contributed by atoms with Crippen molar-refractivity contribution in [3.63, 3.8) is 0 Å². The molecule has 0 saturated heterocycles. The Morgan fingerprint density at radius 2 is 2.04 bits per heavy atom. The highest BCUT2D eigenvalue weighted by Gasteiger charge is 2.12. The number of methoxy groups -OCH3 is 1. The summed E-state index contributed by atoms with van der Waals surface area (Å²) in [6.45, 7) is 3.78. The molecule has 2 aromatic carbocycles. The fourth-order valence-electron chi connectivity index (χ4n) is 2.01. The van der Waals surface area contributed by atoms with Crippen LogP contribution in [0.2, 0.25) is 5.02 Å². The van der Waals surface area contributed by atoms with Gasteiger partial charge in [-0.3, -0.25) is 4.79 Å². The van der Waals surface area contributed by atoms with Gasteiger partial charge in [-0.2, -0.15) is 5.10 Å². The van der Waals surface area contributed by atoms with Crippen molar-refractivity contribution in [3.05, 3.63) is 58.4 Å². The first-order chi connectivity index (χ1) is 11.9. The van der Waals surface area contributed by atoms with Crippen molar-refractivity contribution in [1.29, 1.82) is 0 Å². The van der Waals surface area contributed by atoms with Gasteiger partial charge in [-0.1, -0.05) is 17.7 Å². The fraction of sp³-hybridized carbons (Fsp3) is 0.222. The summed E-state index contributed by atoms with van der Waals surface area (Å²) in [5, 5.41) is 3.95. The number of hydrogen-bond donors (Lipinski definition) is 1. The Labute approximate surface area is 150 Å². The molecule has 2 aromatic rings. The van der Waals surface area contributed by atoms with Crippen molar-refractivity contribution >= 4 is 23.7 Å². The molecule has 5 nitrogen and oxygen atoms in total. The summed E-state index contributed by atoms with van der Waals surface area (Å²) in [5.74, 6) is -0.0290. The van der Waals surface area contributed by atoms with Crippen LogP contribution in [0.1, 0.15) is 29.8 Å². The molecule has 132 valence electrons. The van der Waals surface area contributed by atoms with Crippen LogP contribution in [0, 0.1) is 5.82 Å². The summed E-state index contributed by atoms with van der Waals surface area (Å²) in [5.41, 5.74) is 2.75. The highest BCUT2D eigenvalue weighted by molar-refractivity contribution is 6.33. The van der Waals surface area contributed by atoms with E-state index < -0.39 is 11.7 Å².